The van der Waals surface area contributed by atoms with Gasteiger partial charge in [0.05, 0.1) is 25.9 Å². The zero-order chi connectivity index (χ0) is 21.3. The minimum atomic E-state index is -0.0271. The summed E-state index contributed by atoms with van der Waals surface area (Å²) >= 11 is 0. The zero-order valence-electron chi connectivity index (χ0n) is 18.3. The van der Waals surface area contributed by atoms with Gasteiger partial charge in [0.25, 0.3) is 6.01 Å². The number of amides is 1. The van der Waals surface area contributed by atoms with Crippen molar-refractivity contribution in [3.8, 4) is 11.9 Å². The van der Waals surface area contributed by atoms with Crippen molar-refractivity contribution in [3.63, 3.8) is 0 Å². The summed E-state index contributed by atoms with van der Waals surface area (Å²) in [5.41, 5.74) is 2.69. The van der Waals surface area contributed by atoms with Crippen LogP contribution in [0, 0.1) is 18.8 Å². The van der Waals surface area contributed by atoms with Crippen LogP contribution in [0.5, 0.6) is 11.9 Å². The van der Waals surface area contributed by atoms with Crippen LogP contribution in [0.25, 0.3) is 11.2 Å². The minimum absolute atomic E-state index is 0.0271. The average Bonchev–Trinajstić information content (AvgIpc) is 3.42. The zero-order valence-corrected chi connectivity index (χ0v) is 18.3. The number of aromatic nitrogens is 3. The molecule has 0 unspecified atom stereocenters. The second-order valence-corrected chi connectivity index (χ2v) is 8.86. The van der Waals surface area contributed by atoms with Crippen LogP contribution in [-0.2, 0) is 16.6 Å². The summed E-state index contributed by atoms with van der Waals surface area (Å²) in [5, 5.41) is 2.83. The molecule has 0 aromatic carbocycles. The standard InChI is InChI=1S/C22H32N4O4/c1-13-7-19(24-21-20(13)25-22(26(21)4)30-11-16-5-6-16)29-12-17-8-18(9-17)28-10-14(2)23-15(3)27/h7,14,16-18H,5-6,8-12H2,1-4H3,(H,23,27)/t14-,17?,18?/m0/s1. The summed E-state index contributed by atoms with van der Waals surface area (Å²) in [6.45, 7) is 7.40. The lowest BCUT2D eigenvalue weighted by molar-refractivity contribution is -0.120. The maximum absolute atomic E-state index is 11.0. The fraction of sp³-hybridized carbons (Fsp3) is 0.682. The lowest BCUT2D eigenvalue weighted by Gasteiger charge is -2.35. The first-order chi connectivity index (χ1) is 14.4. The van der Waals surface area contributed by atoms with E-state index in [4.69, 9.17) is 14.2 Å². The van der Waals surface area contributed by atoms with E-state index in [-0.39, 0.29) is 18.1 Å². The first-order valence-corrected chi connectivity index (χ1v) is 10.9. The Labute approximate surface area is 177 Å². The summed E-state index contributed by atoms with van der Waals surface area (Å²) in [7, 11) is 1.93. The van der Waals surface area contributed by atoms with Crippen LogP contribution in [0.3, 0.4) is 0 Å². The predicted molar refractivity (Wildman–Crippen MR) is 113 cm³/mol. The largest absolute Gasteiger partial charge is 0.477 e. The molecule has 0 radical (unpaired) electrons. The summed E-state index contributed by atoms with van der Waals surface area (Å²) in [5.74, 6) is 1.75. The van der Waals surface area contributed by atoms with Gasteiger partial charge in [-0.1, -0.05) is 0 Å². The fourth-order valence-electron chi connectivity index (χ4n) is 3.75. The number of imidazole rings is 1. The Kier molecular flexibility index (Phi) is 6.13. The third-order valence-corrected chi connectivity index (χ3v) is 5.79. The summed E-state index contributed by atoms with van der Waals surface area (Å²) in [6, 6.07) is 2.60. The van der Waals surface area contributed by atoms with Crippen molar-refractivity contribution in [2.45, 2.75) is 58.6 Å². The molecular formula is C22H32N4O4. The predicted octanol–water partition coefficient (Wildman–Crippen LogP) is 2.76. The van der Waals surface area contributed by atoms with Crippen molar-refractivity contribution in [2.24, 2.45) is 18.9 Å². The molecule has 0 saturated heterocycles. The lowest BCUT2D eigenvalue weighted by atomic mass is 9.83. The average molecular weight is 417 g/mol. The summed E-state index contributed by atoms with van der Waals surface area (Å²) in [6.07, 6.45) is 4.69. The van der Waals surface area contributed by atoms with Crippen molar-refractivity contribution in [1.82, 2.24) is 19.9 Å². The van der Waals surface area contributed by atoms with Gasteiger partial charge in [-0.2, -0.15) is 9.97 Å². The highest BCUT2D eigenvalue weighted by molar-refractivity contribution is 5.77. The topological polar surface area (TPSA) is 87.5 Å². The van der Waals surface area contributed by atoms with Crippen LogP contribution >= 0.6 is 0 Å². The van der Waals surface area contributed by atoms with Crippen LogP contribution in [0.15, 0.2) is 6.07 Å². The molecule has 0 bridgehead atoms. The van der Waals surface area contributed by atoms with Gasteiger partial charge in [-0.3, -0.25) is 9.36 Å². The highest BCUT2D eigenvalue weighted by Gasteiger charge is 2.31. The number of carbonyl (C=O) groups is 1. The number of fused-ring (bicyclic) bond motifs is 1. The first kappa shape index (κ1) is 20.9. The van der Waals surface area contributed by atoms with Gasteiger partial charge in [0.2, 0.25) is 11.8 Å². The Hall–Kier alpha value is -2.35. The number of aryl methyl sites for hydroxylation is 2. The summed E-state index contributed by atoms with van der Waals surface area (Å²) < 4.78 is 19.6. The van der Waals surface area contributed by atoms with Crippen molar-refractivity contribution in [2.75, 3.05) is 19.8 Å². The normalized spacial score (nSPS) is 21.9. The van der Waals surface area contributed by atoms with E-state index in [1.807, 2.05) is 31.5 Å². The minimum Gasteiger partial charge on any atom is -0.477 e. The lowest BCUT2D eigenvalue weighted by Crippen LogP contribution is -2.40. The van der Waals surface area contributed by atoms with E-state index in [1.165, 1.54) is 19.8 Å². The third kappa shape index (κ3) is 5.03. The van der Waals surface area contributed by atoms with E-state index in [0.717, 1.165) is 36.2 Å². The molecule has 4 rings (SSSR count). The molecule has 30 heavy (non-hydrogen) atoms. The quantitative estimate of drug-likeness (QED) is 0.641. The molecule has 0 aliphatic heterocycles. The molecule has 2 heterocycles. The van der Waals surface area contributed by atoms with Crippen molar-refractivity contribution < 1.29 is 19.0 Å². The van der Waals surface area contributed by atoms with Crippen molar-refractivity contribution in [1.29, 1.82) is 0 Å². The number of nitrogens with one attached hydrogen (secondary N) is 1. The molecule has 2 aromatic heterocycles. The van der Waals surface area contributed by atoms with Crippen molar-refractivity contribution in [3.05, 3.63) is 11.6 Å². The number of pyridine rings is 1. The van der Waals surface area contributed by atoms with Gasteiger partial charge in [-0.25, -0.2) is 0 Å². The molecule has 0 spiro atoms. The SMILES string of the molecule is CC(=O)N[C@@H](C)COC1CC(COc2cc(C)c3nc(OCC4CC4)n(C)c3n2)C1. The Balaban J connectivity index is 1.26. The second kappa shape index (κ2) is 8.79. The first-order valence-electron chi connectivity index (χ1n) is 10.9. The Morgan fingerprint density at radius 2 is 1.97 bits per heavy atom. The third-order valence-electron chi connectivity index (χ3n) is 5.79. The van der Waals surface area contributed by atoms with Gasteiger partial charge in [0.15, 0.2) is 5.65 Å². The Bertz CT molecular complexity index is 902. The maximum atomic E-state index is 11.0. The van der Waals surface area contributed by atoms with Crippen LogP contribution in [-0.4, -0.2) is 52.4 Å². The number of rotatable bonds is 10. The molecule has 164 valence electrons. The van der Waals surface area contributed by atoms with Crippen LogP contribution in [0.1, 0.15) is 45.1 Å². The molecule has 1 atom stereocenters. The van der Waals surface area contributed by atoms with E-state index < -0.39 is 0 Å². The number of hydrogen-bond donors (Lipinski definition) is 1. The smallest absolute Gasteiger partial charge is 0.298 e. The van der Waals surface area contributed by atoms with E-state index in [9.17, 15) is 4.79 Å². The Morgan fingerprint density at radius 1 is 1.23 bits per heavy atom. The monoisotopic (exact) mass is 416 g/mol. The molecule has 2 saturated carbocycles. The number of nitrogens with zero attached hydrogens (tertiary/aromatic N) is 3. The van der Waals surface area contributed by atoms with E-state index >= 15 is 0 Å². The molecule has 1 amide bonds. The van der Waals surface area contributed by atoms with E-state index in [0.29, 0.717) is 36.9 Å². The van der Waals surface area contributed by atoms with Gasteiger partial charge in [-0.15, -0.1) is 0 Å². The van der Waals surface area contributed by atoms with Crippen LogP contribution in [0.2, 0.25) is 0 Å². The van der Waals surface area contributed by atoms with Crippen LogP contribution in [0.4, 0.5) is 0 Å². The van der Waals surface area contributed by atoms with Gasteiger partial charge >= 0.3 is 0 Å². The van der Waals surface area contributed by atoms with Gasteiger partial charge < -0.3 is 19.5 Å². The highest BCUT2D eigenvalue weighted by Crippen LogP contribution is 2.32. The molecule has 1 N–H and O–H groups in total. The second-order valence-electron chi connectivity index (χ2n) is 8.86. The number of hydrogen-bond acceptors (Lipinski definition) is 6. The molecule has 8 heteroatoms. The maximum Gasteiger partial charge on any atom is 0.298 e. The van der Waals surface area contributed by atoms with Gasteiger partial charge in [0.1, 0.15) is 5.52 Å². The van der Waals surface area contributed by atoms with E-state index in [2.05, 4.69) is 15.3 Å². The summed E-state index contributed by atoms with van der Waals surface area (Å²) in [4.78, 5) is 20.3. The molecule has 2 fully saturated rings. The Morgan fingerprint density at radius 3 is 2.67 bits per heavy atom. The van der Waals surface area contributed by atoms with Crippen LogP contribution < -0.4 is 14.8 Å². The molecule has 2 aromatic rings. The van der Waals surface area contributed by atoms with Crippen molar-refractivity contribution >= 4 is 17.1 Å². The number of carbonyl (C=O) groups excluding carboxylic acids is 1. The van der Waals surface area contributed by atoms with Gasteiger partial charge in [0, 0.05) is 26.1 Å². The fourth-order valence-corrected chi connectivity index (χ4v) is 3.75. The molecule has 2 aliphatic carbocycles. The molecular weight excluding hydrogens is 384 g/mol. The molecule has 8 nitrogen and oxygen atoms in total. The highest BCUT2D eigenvalue weighted by atomic mass is 16.5. The number of ether oxygens (including phenoxy) is 3. The van der Waals surface area contributed by atoms with E-state index in [1.54, 1.807) is 0 Å². The van der Waals surface area contributed by atoms with Gasteiger partial charge in [-0.05, 0) is 56.9 Å². The molecule has 2 aliphatic rings.